The van der Waals surface area contributed by atoms with Crippen LogP contribution >= 0.6 is 0 Å². The third kappa shape index (κ3) is 2.82. The Balaban J connectivity index is 3.92. The number of halogens is 3. The first-order valence-corrected chi connectivity index (χ1v) is 2.63. The zero-order valence-electron chi connectivity index (χ0n) is 5.06. The van der Waals surface area contributed by atoms with Crippen LogP contribution in [0.3, 0.4) is 0 Å². The largest absolute Gasteiger partial charge is 0.396 e. The van der Waals surface area contributed by atoms with Crippen LogP contribution in [0, 0.1) is 5.92 Å². The van der Waals surface area contributed by atoms with E-state index in [2.05, 4.69) is 0 Å². The van der Waals surface area contributed by atoms with Gasteiger partial charge in [-0.1, -0.05) is 0 Å². The highest BCUT2D eigenvalue weighted by molar-refractivity contribution is 5.49. The lowest BCUT2D eigenvalue weighted by atomic mass is 10.1. The van der Waals surface area contributed by atoms with E-state index in [0.717, 1.165) is 0 Å². The summed E-state index contributed by atoms with van der Waals surface area (Å²) in [5, 5.41) is 8.11. The molecule has 0 aliphatic carbocycles. The third-order valence-corrected chi connectivity index (χ3v) is 1.06. The molecule has 0 saturated heterocycles. The number of aldehydes is 1. The molecule has 0 aliphatic heterocycles. The second-order valence-electron chi connectivity index (χ2n) is 1.82. The molecule has 0 aromatic rings. The highest BCUT2D eigenvalue weighted by Crippen LogP contribution is 2.27. The standard InChI is InChI=1S/C5H7F3O2/c6-5(7,8)4(3-10)1-2-9/h2,4,10H,1,3H2. The van der Waals surface area contributed by atoms with Crippen LogP contribution in [0.5, 0.6) is 0 Å². The maximum atomic E-state index is 11.6. The van der Waals surface area contributed by atoms with Crippen molar-refractivity contribution in [1.82, 2.24) is 0 Å². The Labute approximate surface area is 55.7 Å². The second-order valence-corrected chi connectivity index (χ2v) is 1.82. The Hall–Kier alpha value is -0.580. The first-order valence-electron chi connectivity index (χ1n) is 2.63. The predicted molar refractivity (Wildman–Crippen MR) is 27.3 cm³/mol. The number of rotatable bonds is 3. The Kier molecular flexibility index (Phi) is 3.35. The Morgan fingerprint density at radius 2 is 2.00 bits per heavy atom. The fourth-order valence-electron chi connectivity index (χ4n) is 0.428. The monoisotopic (exact) mass is 156 g/mol. The molecule has 0 aliphatic rings. The average molecular weight is 156 g/mol. The van der Waals surface area contributed by atoms with Crippen LogP contribution in [0.25, 0.3) is 0 Å². The molecular weight excluding hydrogens is 149 g/mol. The number of aliphatic hydroxyl groups excluding tert-OH is 1. The molecule has 0 aromatic heterocycles. The molecule has 0 fully saturated rings. The van der Waals surface area contributed by atoms with E-state index in [9.17, 15) is 18.0 Å². The van der Waals surface area contributed by atoms with E-state index in [0.29, 0.717) is 0 Å². The van der Waals surface area contributed by atoms with Crippen molar-refractivity contribution in [2.45, 2.75) is 12.6 Å². The van der Waals surface area contributed by atoms with Crippen molar-refractivity contribution in [3.8, 4) is 0 Å². The van der Waals surface area contributed by atoms with Gasteiger partial charge in [0, 0.05) is 6.42 Å². The van der Waals surface area contributed by atoms with Gasteiger partial charge in [0.05, 0.1) is 12.5 Å². The summed E-state index contributed by atoms with van der Waals surface area (Å²) >= 11 is 0. The van der Waals surface area contributed by atoms with Gasteiger partial charge in [0.25, 0.3) is 0 Å². The van der Waals surface area contributed by atoms with Gasteiger partial charge in [-0.25, -0.2) is 0 Å². The van der Waals surface area contributed by atoms with Crippen molar-refractivity contribution < 1.29 is 23.1 Å². The molecule has 1 atom stereocenters. The number of aliphatic hydroxyl groups is 1. The number of hydrogen-bond donors (Lipinski definition) is 1. The van der Waals surface area contributed by atoms with Gasteiger partial charge in [-0.2, -0.15) is 13.2 Å². The highest BCUT2D eigenvalue weighted by atomic mass is 19.4. The summed E-state index contributed by atoms with van der Waals surface area (Å²) < 4.78 is 34.8. The summed E-state index contributed by atoms with van der Waals surface area (Å²) in [5.74, 6) is -1.90. The molecule has 1 unspecified atom stereocenters. The molecule has 5 heteroatoms. The quantitative estimate of drug-likeness (QED) is 0.612. The number of carbonyl (C=O) groups is 1. The van der Waals surface area contributed by atoms with Gasteiger partial charge in [0.2, 0.25) is 0 Å². The van der Waals surface area contributed by atoms with E-state index in [4.69, 9.17) is 5.11 Å². The SMILES string of the molecule is O=CCC(CO)C(F)(F)F. The molecular formula is C5H7F3O2. The third-order valence-electron chi connectivity index (χ3n) is 1.06. The molecule has 1 N–H and O–H groups in total. The Morgan fingerprint density at radius 1 is 1.50 bits per heavy atom. The van der Waals surface area contributed by atoms with Gasteiger partial charge >= 0.3 is 6.18 Å². The van der Waals surface area contributed by atoms with Crippen molar-refractivity contribution in [3.05, 3.63) is 0 Å². The molecule has 0 saturated carbocycles. The minimum absolute atomic E-state index is 0.147. The lowest BCUT2D eigenvalue weighted by molar-refractivity contribution is -0.185. The predicted octanol–water partition coefficient (Wildman–Crippen LogP) is 0.746. The molecule has 10 heavy (non-hydrogen) atoms. The van der Waals surface area contributed by atoms with Crippen molar-refractivity contribution >= 4 is 6.29 Å². The van der Waals surface area contributed by atoms with E-state index in [1.165, 1.54) is 0 Å². The van der Waals surface area contributed by atoms with Crippen molar-refractivity contribution in [1.29, 1.82) is 0 Å². The molecule has 0 amide bonds. The molecule has 0 bridgehead atoms. The molecule has 2 nitrogen and oxygen atoms in total. The van der Waals surface area contributed by atoms with Crippen molar-refractivity contribution in [2.75, 3.05) is 6.61 Å². The minimum Gasteiger partial charge on any atom is -0.396 e. The fraction of sp³-hybridized carbons (Fsp3) is 0.800. The van der Waals surface area contributed by atoms with Crippen LogP contribution < -0.4 is 0 Å². The number of alkyl halides is 3. The van der Waals surface area contributed by atoms with Crippen LogP contribution in [0.15, 0.2) is 0 Å². The van der Waals surface area contributed by atoms with Gasteiger partial charge in [-0.15, -0.1) is 0 Å². The van der Waals surface area contributed by atoms with E-state index in [-0.39, 0.29) is 6.29 Å². The molecule has 0 spiro atoms. The fourth-order valence-corrected chi connectivity index (χ4v) is 0.428. The summed E-state index contributed by atoms with van der Waals surface area (Å²) in [6.45, 7) is -1.03. The Bertz CT molecular complexity index is 110. The Morgan fingerprint density at radius 3 is 2.10 bits per heavy atom. The molecule has 0 radical (unpaired) electrons. The van der Waals surface area contributed by atoms with E-state index < -0.39 is 25.1 Å². The van der Waals surface area contributed by atoms with Gasteiger partial charge in [-0.05, 0) is 0 Å². The lowest BCUT2D eigenvalue weighted by Gasteiger charge is -2.13. The summed E-state index contributed by atoms with van der Waals surface area (Å²) in [7, 11) is 0. The van der Waals surface area contributed by atoms with Gasteiger partial charge in [0.1, 0.15) is 6.29 Å². The van der Waals surface area contributed by atoms with Gasteiger partial charge in [0.15, 0.2) is 0 Å². The summed E-state index contributed by atoms with van der Waals surface area (Å²) in [6.07, 6.45) is -4.98. The summed E-state index contributed by atoms with van der Waals surface area (Å²) in [4.78, 5) is 9.61. The smallest absolute Gasteiger partial charge is 0.394 e. The maximum Gasteiger partial charge on any atom is 0.394 e. The normalized spacial score (nSPS) is 14.8. The highest BCUT2D eigenvalue weighted by Gasteiger charge is 2.38. The topological polar surface area (TPSA) is 37.3 Å². The number of hydrogen-bond acceptors (Lipinski definition) is 2. The minimum atomic E-state index is -4.46. The number of carbonyl (C=O) groups excluding carboxylic acids is 1. The molecule has 60 valence electrons. The molecule has 0 heterocycles. The molecule has 0 aromatic carbocycles. The van der Waals surface area contributed by atoms with Crippen LogP contribution in [-0.2, 0) is 4.79 Å². The zero-order chi connectivity index (χ0) is 8.20. The van der Waals surface area contributed by atoms with E-state index in [1.807, 2.05) is 0 Å². The molecule has 0 rings (SSSR count). The summed E-state index contributed by atoms with van der Waals surface area (Å²) in [5.41, 5.74) is 0. The lowest BCUT2D eigenvalue weighted by Crippen LogP contribution is -2.26. The van der Waals surface area contributed by atoms with Crippen LogP contribution in [0.2, 0.25) is 0 Å². The maximum absolute atomic E-state index is 11.6. The van der Waals surface area contributed by atoms with Gasteiger partial charge < -0.3 is 9.90 Å². The van der Waals surface area contributed by atoms with Gasteiger partial charge in [-0.3, -0.25) is 0 Å². The second kappa shape index (κ2) is 3.55. The summed E-state index contributed by atoms with van der Waals surface area (Å²) in [6, 6.07) is 0. The van der Waals surface area contributed by atoms with Crippen LogP contribution in [0.1, 0.15) is 6.42 Å². The van der Waals surface area contributed by atoms with E-state index in [1.54, 1.807) is 0 Å². The average Bonchev–Trinajstić information content (AvgIpc) is 1.80. The van der Waals surface area contributed by atoms with E-state index >= 15 is 0 Å². The van der Waals surface area contributed by atoms with Crippen LogP contribution in [0.4, 0.5) is 13.2 Å². The van der Waals surface area contributed by atoms with Crippen molar-refractivity contribution in [2.24, 2.45) is 5.92 Å². The first kappa shape index (κ1) is 9.42. The van der Waals surface area contributed by atoms with Crippen molar-refractivity contribution in [3.63, 3.8) is 0 Å². The first-order chi connectivity index (χ1) is 4.52. The van der Waals surface area contributed by atoms with Crippen LogP contribution in [-0.4, -0.2) is 24.2 Å². The zero-order valence-corrected chi connectivity index (χ0v) is 5.06.